The normalized spacial score (nSPS) is 10.4. The second kappa shape index (κ2) is 5.34. The Morgan fingerprint density at radius 3 is 3.00 bits per heavy atom. The summed E-state index contributed by atoms with van der Waals surface area (Å²) in [5.74, 6) is 0.899. The molecule has 0 aliphatic heterocycles. The summed E-state index contributed by atoms with van der Waals surface area (Å²) in [6, 6.07) is 8.02. The maximum absolute atomic E-state index is 5.67. The maximum atomic E-state index is 5.67. The Kier molecular flexibility index (Phi) is 3.82. The number of hydrogen-bond acceptors (Lipinski definition) is 2. The zero-order chi connectivity index (χ0) is 11.4. The Bertz CT molecular complexity index is 468. The van der Waals surface area contributed by atoms with Crippen LogP contribution in [0.4, 0.5) is 0 Å². The largest absolute Gasteiger partial charge is 0.489 e. The van der Waals surface area contributed by atoms with Crippen LogP contribution in [-0.2, 0) is 13.2 Å². The van der Waals surface area contributed by atoms with Crippen LogP contribution in [0.5, 0.6) is 5.75 Å². The highest BCUT2D eigenvalue weighted by atomic mass is 127. The molecule has 1 heterocycles. The maximum Gasteiger partial charge on any atom is 0.120 e. The highest BCUT2D eigenvalue weighted by Crippen LogP contribution is 2.16. The van der Waals surface area contributed by atoms with Crippen molar-refractivity contribution in [2.45, 2.75) is 20.1 Å². The minimum Gasteiger partial charge on any atom is -0.489 e. The summed E-state index contributed by atoms with van der Waals surface area (Å²) >= 11 is 2.27. The van der Waals surface area contributed by atoms with Gasteiger partial charge in [0.2, 0.25) is 0 Å². The van der Waals surface area contributed by atoms with E-state index in [9.17, 15) is 0 Å². The van der Waals surface area contributed by atoms with E-state index in [4.69, 9.17) is 4.74 Å². The lowest BCUT2D eigenvalue weighted by Gasteiger charge is -2.04. The zero-order valence-corrected chi connectivity index (χ0v) is 11.2. The number of benzene rings is 1. The standard InChI is InChI=1S/C12H13IN2O/c1-2-15-8-10(7-14-15)9-16-12-5-3-4-11(13)6-12/h3-8H,2,9H2,1H3. The van der Waals surface area contributed by atoms with Crippen molar-refractivity contribution >= 4 is 22.6 Å². The quantitative estimate of drug-likeness (QED) is 0.807. The molecular weight excluding hydrogens is 315 g/mol. The Morgan fingerprint density at radius 1 is 1.44 bits per heavy atom. The summed E-state index contributed by atoms with van der Waals surface area (Å²) in [4.78, 5) is 0. The first-order valence-corrected chi connectivity index (χ1v) is 6.25. The molecule has 0 aliphatic carbocycles. The van der Waals surface area contributed by atoms with Crippen LogP contribution in [0.1, 0.15) is 12.5 Å². The molecule has 0 N–H and O–H groups in total. The molecule has 0 bridgehead atoms. The lowest BCUT2D eigenvalue weighted by Crippen LogP contribution is -1.95. The summed E-state index contributed by atoms with van der Waals surface area (Å²) in [6.07, 6.45) is 3.85. The van der Waals surface area contributed by atoms with Crippen molar-refractivity contribution in [3.05, 3.63) is 45.8 Å². The Balaban J connectivity index is 1.96. The lowest BCUT2D eigenvalue weighted by atomic mass is 10.3. The van der Waals surface area contributed by atoms with E-state index >= 15 is 0 Å². The average Bonchev–Trinajstić information content (AvgIpc) is 2.74. The number of ether oxygens (including phenoxy) is 1. The van der Waals surface area contributed by atoms with Gasteiger partial charge in [0.05, 0.1) is 6.20 Å². The Morgan fingerprint density at radius 2 is 2.31 bits per heavy atom. The van der Waals surface area contributed by atoms with Gasteiger partial charge < -0.3 is 4.74 Å². The van der Waals surface area contributed by atoms with Crippen molar-refractivity contribution in [3.63, 3.8) is 0 Å². The minimum atomic E-state index is 0.570. The lowest BCUT2D eigenvalue weighted by molar-refractivity contribution is 0.306. The first kappa shape index (κ1) is 11.4. The average molecular weight is 328 g/mol. The summed E-state index contributed by atoms with van der Waals surface area (Å²) in [5.41, 5.74) is 1.10. The molecule has 0 unspecified atom stereocenters. The van der Waals surface area contributed by atoms with Crippen LogP contribution in [0.25, 0.3) is 0 Å². The van der Waals surface area contributed by atoms with E-state index in [0.717, 1.165) is 17.9 Å². The fraction of sp³-hybridized carbons (Fsp3) is 0.250. The minimum absolute atomic E-state index is 0.570. The van der Waals surface area contributed by atoms with Crippen LogP contribution >= 0.6 is 22.6 Å². The fourth-order valence-electron chi connectivity index (χ4n) is 1.38. The molecule has 0 atom stereocenters. The summed E-state index contributed by atoms with van der Waals surface area (Å²) in [6.45, 7) is 3.53. The molecule has 2 aromatic rings. The topological polar surface area (TPSA) is 27.1 Å². The number of nitrogens with zero attached hydrogens (tertiary/aromatic N) is 2. The SMILES string of the molecule is CCn1cc(COc2cccc(I)c2)cn1. The van der Waals surface area contributed by atoms with Gasteiger partial charge >= 0.3 is 0 Å². The third kappa shape index (κ3) is 2.98. The van der Waals surface area contributed by atoms with E-state index in [0.29, 0.717) is 6.61 Å². The van der Waals surface area contributed by atoms with Crippen LogP contribution < -0.4 is 4.74 Å². The van der Waals surface area contributed by atoms with Gasteiger partial charge in [-0.15, -0.1) is 0 Å². The molecule has 0 fully saturated rings. The molecule has 0 saturated heterocycles. The zero-order valence-electron chi connectivity index (χ0n) is 9.06. The molecule has 0 aliphatic rings. The van der Waals surface area contributed by atoms with Crippen LogP contribution in [0, 0.1) is 3.57 Å². The highest BCUT2D eigenvalue weighted by molar-refractivity contribution is 14.1. The van der Waals surface area contributed by atoms with Crippen molar-refractivity contribution in [1.29, 1.82) is 0 Å². The monoisotopic (exact) mass is 328 g/mol. The van der Waals surface area contributed by atoms with Crippen molar-refractivity contribution in [1.82, 2.24) is 9.78 Å². The molecule has 0 spiro atoms. The van der Waals surface area contributed by atoms with Crippen molar-refractivity contribution in [2.24, 2.45) is 0 Å². The molecule has 0 saturated carbocycles. The molecule has 84 valence electrons. The number of aromatic nitrogens is 2. The van der Waals surface area contributed by atoms with Crippen molar-refractivity contribution < 1.29 is 4.74 Å². The molecule has 2 rings (SSSR count). The molecule has 4 heteroatoms. The van der Waals surface area contributed by atoms with E-state index in [2.05, 4.69) is 34.6 Å². The third-order valence-corrected chi connectivity index (χ3v) is 2.88. The number of aryl methyl sites for hydroxylation is 1. The molecule has 0 amide bonds. The van der Waals surface area contributed by atoms with Gasteiger partial charge in [0.1, 0.15) is 12.4 Å². The van der Waals surface area contributed by atoms with Gasteiger partial charge in [-0.25, -0.2) is 0 Å². The first-order chi connectivity index (χ1) is 7.78. The van der Waals surface area contributed by atoms with E-state index in [-0.39, 0.29) is 0 Å². The van der Waals surface area contributed by atoms with Gasteiger partial charge in [0, 0.05) is 21.9 Å². The summed E-state index contributed by atoms with van der Waals surface area (Å²) in [5, 5.41) is 4.20. The molecule has 16 heavy (non-hydrogen) atoms. The molecular formula is C12H13IN2O. The van der Waals surface area contributed by atoms with E-state index in [1.807, 2.05) is 41.3 Å². The molecule has 3 nitrogen and oxygen atoms in total. The second-order valence-corrected chi connectivity index (χ2v) is 4.70. The van der Waals surface area contributed by atoms with E-state index in [1.54, 1.807) is 0 Å². The molecule has 1 aromatic carbocycles. The van der Waals surface area contributed by atoms with Gasteiger partial charge in [-0.1, -0.05) is 6.07 Å². The van der Waals surface area contributed by atoms with Crippen LogP contribution in [-0.4, -0.2) is 9.78 Å². The van der Waals surface area contributed by atoms with Crippen LogP contribution in [0.2, 0.25) is 0 Å². The number of rotatable bonds is 4. The van der Waals surface area contributed by atoms with Gasteiger partial charge in [-0.05, 0) is 47.7 Å². The summed E-state index contributed by atoms with van der Waals surface area (Å²) < 4.78 is 8.75. The van der Waals surface area contributed by atoms with Crippen molar-refractivity contribution in [2.75, 3.05) is 0 Å². The second-order valence-electron chi connectivity index (χ2n) is 3.45. The molecule has 0 radical (unpaired) electrons. The number of halogens is 1. The van der Waals surface area contributed by atoms with Gasteiger partial charge in [0.25, 0.3) is 0 Å². The van der Waals surface area contributed by atoms with Gasteiger partial charge in [-0.2, -0.15) is 5.10 Å². The third-order valence-electron chi connectivity index (χ3n) is 2.21. The first-order valence-electron chi connectivity index (χ1n) is 5.17. The van der Waals surface area contributed by atoms with Crippen molar-refractivity contribution in [3.8, 4) is 5.75 Å². The van der Waals surface area contributed by atoms with E-state index < -0.39 is 0 Å². The Hall–Kier alpha value is -1.04. The summed E-state index contributed by atoms with van der Waals surface area (Å²) in [7, 11) is 0. The van der Waals surface area contributed by atoms with Crippen LogP contribution in [0.15, 0.2) is 36.7 Å². The van der Waals surface area contributed by atoms with Crippen LogP contribution in [0.3, 0.4) is 0 Å². The smallest absolute Gasteiger partial charge is 0.120 e. The predicted molar refractivity (Wildman–Crippen MR) is 71.4 cm³/mol. The predicted octanol–water partition coefficient (Wildman–Crippen LogP) is 3.09. The Labute approximate surface area is 109 Å². The fourth-order valence-corrected chi connectivity index (χ4v) is 1.89. The van der Waals surface area contributed by atoms with Gasteiger partial charge in [0.15, 0.2) is 0 Å². The number of hydrogen-bond donors (Lipinski definition) is 0. The molecule has 1 aromatic heterocycles. The van der Waals surface area contributed by atoms with E-state index in [1.165, 1.54) is 3.57 Å². The van der Waals surface area contributed by atoms with Gasteiger partial charge in [-0.3, -0.25) is 4.68 Å². The highest BCUT2D eigenvalue weighted by Gasteiger charge is 1.99.